The molecular weight excluding hydrogens is 322 g/mol. The van der Waals surface area contributed by atoms with Gasteiger partial charge in [0.05, 0.1) is 11.9 Å². The summed E-state index contributed by atoms with van der Waals surface area (Å²) in [5, 5.41) is 7.07. The summed E-state index contributed by atoms with van der Waals surface area (Å²) < 4.78 is 1.09. The summed E-state index contributed by atoms with van der Waals surface area (Å²) in [6.07, 6.45) is 1.85. The van der Waals surface area contributed by atoms with E-state index >= 15 is 0 Å². The third-order valence-corrected chi connectivity index (χ3v) is 4.01. The number of hydrogen-bond acceptors (Lipinski definition) is 4. The van der Waals surface area contributed by atoms with Crippen LogP contribution < -0.4 is 5.43 Å². The van der Waals surface area contributed by atoms with Gasteiger partial charge in [-0.2, -0.15) is 5.10 Å². The molecule has 0 unspecified atom stereocenters. The van der Waals surface area contributed by atoms with E-state index < -0.39 is 0 Å². The monoisotopic (exact) mass is 337 g/mol. The topological polar surface area (TPSA) is 37.3 Å². The van der Waals surface area contributed by atoms with Crippen molar-refractivity contribution in [2.45, 2.75) is 26.7 Å². The molecule has 0 aliphatic rings. The molecule has 1 aromatic carbocycles. The zero-order valence-electron chi connectivity index (χ0n) is 11.1. The van der Waals surface area contributed by atoms with Gasteiger partial charge in [-0.05, 0) is 36.1 Å². The van der Waals surface area contributed by atoms with E-state index in [2.05, 4.69) is 57.4 Å². The molecule has 0 radical (unpaired) electrons. The smallest absolute Gasteiger partial charge is 0.203 e. The van der Waals surface area contributed by atoms with Crippen molar-refractivity contribution in [3.05, 3.63) is 44.9 Å². The number of thiazole rings is 1. The van der Waals surface area contributed by atoms with E-state index in [4.69, 9.17) is 0 Å². The summed E-state index contributed by atoms with van der Waals surface area (Å²) in [5.74, 6) is 0.459. The Morgan fingerprint density at radius 2 is 2.21 bits per heavy atom. The number of hydrazone groups is 1. The Bertz CT molecular complexity index is 590. The summed E-state index contributed by atoms with van der Waals surface area (Å²) in [6.45, 7) is 6.32. The molecule has 5 heteroatoms. The standard InChI is InChI=1S/C14H16BrN3S/c1-9(2)13-6-12(15)5-4-11(13)7-16-18-14-17-10(3)8-19-14/h4-9H,1-3H3,(H,17,18). The minimum absolute atomic E-state index is 0.459. The lowest BCUT2D eigenvalue weighted by atomic mass is 9.98. The normalized spacial score (nSPS) is 11.4. The van der Waals surface area contributed by atoms with E-state index in [-0.39, 0.29) is 0 Å². The van der Waals surface area contributed by atoms with Crippen LogP contribution in [0.5, 0.6) is 0 Å². The summed E-state index contributed by atoms with van der Waals surface area (Å²) in [4.78, 5) is 4.30. The van der Waals surface area contributed by atoms with Gasteiger partial charge in [-0.15, -0.1) is 11.3 Å². The Balaban J connectivity index is 2.14. The van der Waals surface area contributed by atoms with E-state index in [0.29, 0.717) is 5.92 Å². The predicted octanol–water partition coefficient (Wildman–Crippen LogP) is 4.78. The second kappa shape index (κ2) is 6.30. The van der Waals surface area contributed by atoms with Gasteiger partial charge in [-0.3, -0.25) is 5.43 Å². The molecule has 0 aliphatic heterocycles. The second-order valence-electron chi connectivity index (χ2n) is 4.59. The zero-order valence-corrected chi connectivity index (χ0v) is 13.5. The van der Waals surface area contributed by atoms with Crippen molar-refractivity contribution in [1.82, 2.24) is 4.98 Å². The molecule has 0 atom stereocenters. The summed E-state index contributed by atoms with van der Waals surface area (Å²) in [6, 6.07) is 6.23. The lowest BCUT2D eigenvalue weighted by Gasteiger charge is -2.09. The van der Waals surface area contributed by atoms with E-state index in [1.165, 1.54) is 5.56 Å². The minimum Gasteiger partial charge on any atom is -0.253 e. The molecule has 3 nitrogen and oxygen atoms in total. The van der Waals surface area contributed by atoms with Crippen LogP contribution in [0.2, 0.25) is 0 Å². The van der Waals surface area contributed by atoms with E-state index in [1.807, 2.05) is 24.6 Å². The fraction of sp³-hybridized carbons (Fsp3) is 0.286. The third-order valence-electron chi connectivity index (χ3n) is 2.65. The van der Waals surface area contributed by atoms with Crippen LogP contribution in [0.3, 0.4) is 0 Å². The number of aromatic nitrogens is 1. The van der Waals surface area contributed by atoms with Gasteiger partial charge in [0, 0.05) is 9.85 Å². The molecule has 0 fully saturated rings. The fourth-order valence-corrected chi connectivity index (χ4v) is 2.74. The van der Waals surface area contributed by atoms with Crippen molar-refractivity contribution >= 4 is 38.6 Å². The molecule has 0 saturated heterocycles. The molecule has 1 aromatic heterocycles. The molecule has 0 aliphatic carbocycles. The van der Waals surface area contributed by atoms with Crippen LogP contribution >= 0.6 is 27.3 Å². The van der Waals surface area contributed by atoms with Gasteiger partial charge in [0.1, 0.15) is 0 Å². The first-order valence-electron chi connectivity index (χ1n) is 6.07. The average molecular weight is 338 g/mol. The quantitative estimate of drug-likeness (QED) is 0.643. The lowest BCUT2D eigenvalue weighted by Crippen LogP contribution is -1.97. The van der Waals surface area contributed by atoms with Gasteiger partial charge < -0.3 is 0 Å². The molecule has 0 saturated carbocycles. The highest BCUT2D eigenvalue weighted by Gasteiger charge is 2.05. The number of benzene rings is 1. The van der Waals surface area contributed by atoms with Gasteiger partial charge in [-0.25, -0.2) is 4.98 Å². The number of hydrogen-bond donors (Lipinski definition) is 1. The van der Waals surface area contributed by atoms with Crippen molar-refractivity contribution in [3.8, 4) is 0 Å². The van der Waals surface area contributed by atoms with Crippen LogP contribution in [0.1, 0.15) is 36.6 Å². The van der Waals surface area contributed by atoms with Crippen molar-refractivity contribution in [1.29, 1.82) is 0 Å². The summed E-state index contributed by atoms with van der Waals surface area (Å²) in [5.41, 5.74) is 6.37. The summed E-state index contributed by atoms with van der Waals surface area (Å²) >= 11 is 5.06. The van der Waals surface area contributed by atoms with Gasteiger partial charge >= 0.3 is 0 Å². The van der Waals surface area contributed by atoms with Gasteiger partial charge in [-0.1, -0.05) is 35.8 Å². The zero-order chi connectivity index (χ0) is 13.8. The van der Waals surface area contributed by atoms with Crippen LogP contribution in [0.25, 0.3) is 0 Å². The Hall–Kier alpha value is -1.20. The first-order valence-corrected chi connectivity index (χ1v) is 7.74. The molecule has 0 amide bonds. The van der Waals surface area contributed by atoms with Crippen molar-refractivity contribution in [2.75, 3.05) is 5.43 Å². The molecule has 2 aromatic rings. The maximum absolute atomic E-state index is 4.30. The van der Waals surface area contributed by atoms with E-state index in [0.717, 1.165) is 20.9 Å². The molecule has 100 valence electrons. The number of anilines is 1. The first-order chi connectivity index (χ1) is 9.06. The first kappa shape index (κ1) is 14.2. The number of nitrogens with zero attached hydrogens (tertiary/aromatic N) is 2. The highest BCUT2D eigenvalue weighted by molar-refractivity contribution is 9.10. The minimum atomic E-state index is 0.459. The number of nitrogens with one attached hydrogen (secondary N) is 1. The number of rotatable bonds is 4. The molecule has 1 heterocycles. The molecule has 0 bridgehead atoms. The van der Waals surface area contributed by atoms with Crippen molar-refractivity contribution in [3.63, 3.8) is 0 Å². The van der Waals surface area contributed by atoms with Gasteiger partial charge in [0.15, 0.2) is 0 Å². The van der Waals surface area contributed by atoms with Gasteiger partial charge in [0.25, 0.3) is 0 Å². The molecule has 2 rings (SSSR count). The van der Waals surface area contributed by atoms with Crippen molar-refractivity contribution in [2.24, 2.45) is 5.10 Å². The Labute approximate surface area is 125 Å². The Kier molecular flexibility index (Phi) is 4.71. The second-order valence-corrected chi connectivity index (χ2v) is 6.37. The van der Waals surface area contributed by atoms with Crippen LogP contribution in [-0.4, -0.2) is 11.2 Å². The summed E-state index contributed by atoms with van der Waals surface area (Å²) in [7, 11) is 0. The molecular formula is C14H16BrN3S. The SMILES string of the molecule is Cc1csc(NN=Cc2ccc(Br)cc2C(C)C)n1. The molecule has 1 N–H and O–H groups in total. The predicted molar refractivity (Wildman–Crippen MR) is 86.3 cm³/mol. The molecule has 19 heavy (non-hydrogen) atoms. The Morgan fingerprint density at radius 1 is 1.42 bits per heavy atom. The van der Waals surface area contributed by atoms with E-state index in [9.17, 15) is 0 Å². The van der Waals surface area contributed by atoms with Gasteiger partial charge in [0.2, 0.25) is 5.13 Å². The largest absolute Gasteiger partial charge is 0.253 e. The maximum atomic E-state index is 4.30. The fourth-order valence-electron chi connectivity index (χ4n) is 1.73. The highest BCUT2D eigenvalue weighted by atomic mass is 79.9. The Morgan fingerprint density at radius 3 is 2.84 bits per heavy atom. The van der Waals surface area contributed by atoms with Crippen LogP contribution in [-0.2, 0) is 0 Å². The number of aryl methyl sites for hydroxylation is 1. The maximum Gasteiger partial charge on any atom is 0.203 e. The van der Waals surface area contributed by atoms with Crippen LogP contribution in [0, 0.1) is 6.92 Å². The van der Waals surface area contributed by atoms with Crippen LogP contribution in [0.4, 0.5) is 5.13 Å². The molecule has 0 spiro atoms. The third kappa shape index (κ3) is 3.88. The van der Waals surface area contributed by atoms with Crippen molar-refractivity contribution < 1.29 is 0 Å². The number of halogens is 1. The van der Waals surface area contributed by atoms with Crippen LogP contribution in [0.15, 0.2) is 33.2 Å². The lowest BCUT2D eigenvalue weighted by molar-refractivity contribution is 0.863. The van der Waals surface area contributed by atoms with E-state index in [1.54, 1.807) is 11.3 Å². The average Bonchev–Trinajstić information content (AvgIpc) is 2.77. The highest BCUT2D eigenvalue weighted by Crippen LogP contribution is 2.23.